The molecule has 0 rings (SSSR count). The number of ether oxygens (including phenoxy) is 1. The van der Waals surface area contributed by atoms with Crippen molar-refractivity contribution in [2.75, 3.05) is 7.11 Å². The zero-order valence-electron chi connectivity index (χ0n) is 11.2. The second-order valence-corrected chi connectivity index (χ2v) is 4.90. The van der Waals surface area contributed by atoms with Crippen molar-refractivity contribution in [1.29, 1.82) is 0 Å². The molecule has 5 nitrogen and oxygen atoms in total. The topological polar surface area (TPSA) is 75.6 Å². The summed E-state index contributed by atoms with van der Waals surface area (Å²) in [6.07, 6.45) is -0.710. The Morgan fingerprint density at radius 3 is 2.12 bits per heavy atom. The van der Waals surface area contributed by atoms with E-state index in [1.165, 1.54) is 7.11 Å². The quantitative estimate of drug-likeness (QED) is 0.676. The summed E-state index contributed by atoms with van der Waals surface area (Å²) in [6.45, 7) is 7.43. The van der Waals surface area contributed by atoms with Crippen molar-refractivity contribution < 1.29 is 19.4 Å². The maximum absolute atomic E-state index is 11.6. The molecule has 0 fully saturated rings. The average molecular weight is 245 g/mol. The van der Waals surface area contributed by atoms with Gasteiger partial charge in [-0.15, -0.1) is 0 Å². The molecule has 0 saturated heterocycles. The highest BCUT2D eigenvalue weighted by molar-refractivity contribution is 5.86. The van der Waals surface area contributed by atoms with Crippen molar-refractivity contribution in [3.63, 3.8) is 0 Å². The summed E-state index contributed by atoms with van der Waals surface area (Å²) in [5, 5.41) is 12.1. The molecule has 0 aliphatic carbocycles. The summed E-state index contributed by atoms with van der Waals surface area (Å²) in [4.78, 5) is 23.1. The van der Waals surface area contributed by atoms with E-state index in [0.717, 1.165) is 0 Å². The van der Waals surface area contributed by atoms with Gasteiger partial charge in [-0.25, -0.2) is 4.79 Å². The van der Waals surface area contributed by atoms with E-state index in [-0.39, 0.29) is 11.8 Å². The van der Waals surface area contributed by atoms with Crippen molar-refractivity contribution in [3.05, 3.63) is 0 Å². The monoisotopic (exact) mass is 245 g/mol. The maximum atomic E-state index is 11.6. The number of carbonyl (C=O) groups excluding carboxylic acids is 2. The van der Waals surface area contributed by atoms with Gasteiger partial charge in [-0.3, -0.25) is 4.79 Å². The van der Waals surface area contributed by atoms with E-state index in [1.54, 1.807) is 13.8 Å². The summed E-state index contributed by atoms with van der Waals surface area (Å²) in [5.41, 5.74) is 0. The third kappa shape index (κ3) is 5.68. The predicted molar refractivity (Wildman–Crippen MR) is 64.2 cm³/mol. The Balaban J connectivity index is 4.45. The molecular formula is C12H23NO4. The van der Waals surface area contributed by atoms with E-state index in [0.29, 0.717) is 6.42 Å². The van der Waals surface area contributed by atoms with Gasteiger partial charge in [0.15, 0.2) is 0 Å². The minimum Gasteiger partial charge on any atom is -0.467 e. The van der Waals surface area contributed by atoms with Crippen LogP contribution in [-0.2, 0) is 14.3 Å². The fraction of sp³-hybridized carbons (Fsp3) is 0.833. The fourth-order valence-electron chi connectivity index (χ4n) is 1.43. The Bertz CT molecular complexity index is 263. The first-order valence-electron chi connectivity index (χ1n) is 5.85. The number of rotatable bonds is 6. The Morgan fingerprint density at radius 2 is 1.76 bits per heavy atom. The largest absolute Gasteiger partial charge is 0.467 e. The lowest BCUT2D eigenvalue weighted by molar-refractivity contribution is -0.147. The third-order valence-corrected chi connectivity index (χ3v) is 2.42. The van der Waals surface area contributed by atoms with Crippen LogP contribution in [0.1, 0.15) is 34.1 Å². The summed E-state index contributed by atoms with van der Waals surface area (Å²) in [6, 6.07) is -0.714. The number of hydrogen-bond donors (Lipinski definition) is 2. The molecule has 0 heterocycles. The smallest absolute Gasteiger partial charge is 0.328 e. The Hall–Kier alpha value is -1.10. The zero-order chi connectivity index (χ0) is 13.6. The first-order chi connectivity index (χ1) is 7.79. The molecule has 0 spiro atoms. The van der Waals surface area contributed by atoms with Crippen molar-refractivity contribution >= 4 is 11.9 Å². The molecule has 100 valence electrons. The highest BCUT2D eigenvalue weighted by atomic mass is 16.5. The molecule has 0 bridgehead atoms. The highest BCUT2D eigenvalue weighted by Crippen LogP contribution is 2.07. The second kappa shape index (κ2) is 7.27. The van der Waals surface area contributed by atoms with E-state index >= 15 is 0 Å². The lowest BCUT2D eigenvalue weighted by Gasteiger charge is -2.22. The molecule has 0 aromatic carbocycles. The Kier molecular flexibility index (Phi) is 6.80. The normalized spacial score (nSPS) is 14.6. The molecule has 0 aromatic heterocycles. The van der Waals surface area contributed by atoms with Crippen LogP contribution in [0.15, 0.2) is 0 Å². The number of amides is 1. The highest BCUT2D eigenvalue weighted by Gasteiger charge is 2.27. The van der Waals surface area contributed by atoms with Crippen LogP contribution in [0.4, 0.5) is 0 Å². The van der Waals surface area contributed by atoms with Gasteiger partial charge in [-0.1, -0.05) is 27.7 Å². The van der Waals surface area contributed by atoms with Gasteiger partial charge in [0.25, 0.3) is 0 Å². The first kappa shape index (κ1) is 15.9. The van der Waals surface area contributed by atoms with Crippen LogP contribution in [0.25, 0.3) is 0 Å². The van der Waals surface area contributed by atoms with Crippen LogP contribution < -0.4 is 5.32 Å². The number of methoxy groups -OCH3 is 1. The molecule has 17 heavy (non-hydrogen) atoms. The van der Waals surface area contributed by atoms with Gasteiger partial charge in [-0.2, -0.15) is 0 Å². The van der Waals surface area contributed by atoms with E-state index in [9.17, 15) is 14.7 Å². The van der Waals surface area contributed by atoms with Crippen LogP contribution >= 0.6 is 0 Å². The molecule has 5 heteroatoms. The van der Waals surface area contributed by atoms with Crippen molar-refractivity contribution in [1.82, 2.24) is 5.32 Å². The molecular weight excluding hydrogens is 222 g/mol. The van der Waals surface area contributed by atoms with Gasteiger partial charge in [0, 0.05) is 0 Å². The third-order valence-electron chi connectivity index (χ3n) is 2.42. The fourth-order valence-corrected chi connectivity index (χ4v) is 1.43. The van der Waals surface area contributed by atoms with E-state index < -0.39 is 24.0 Å². The lowest BCUT2D eigenvalue weighted by Crippen LogP contribution is -2.48. The average Bonchev–Trinajstić information content (AvgIpc) is 2.22. The van der Waals surface area contributed by atoms with Gasteiger partial charge >= 0.3 is 5.97 Å². The Labute approximate surface area is 103 Å². The van der Waals surface area contributed by atoms with E-state index in [1.807, 2.05) is 13.8 Å². The van der Waals surface area contributed by atoms with Crippen molar-refractivity contribution in [3.8, 4) is 0 Å². The Morgan fingerprint density at radius 1 is 1.24 bits per heavy atom. The van der Waals surface area contributed by atoms with Crippen LogP contribution in [-0.4, -0.2) is 36.2 Å². The number of carbonyl (C=O) groups is 2. The first-order valence-corrected chi connectivity index (χ1v) is 5.85. The molecule has 2 N–H and O–H groups in total. The SMILES string of the molecule is COC(=O)[C@H](NC(=O)[C@@H](O)CC(C)C)C(C)C. The van der Waals surface area contributed by atoms with Crippen LogP contribution in [0.5, 0.6) is 0 Å². The van der Waals surface area contributed by atoms with Crippen molar-refractivity contribution in [2.45, 2.75) is 46.3 Å². The van der Waals surface area contributed by atoms with E-state index in [4.69, 9.17) is 0 Å². The molecule has 0 aromatic rings. The molecule has 1 amide bonds. The number of aliphatic hydroxyl groups excluding tert-OH is 1. The number of hydrogen-bond acceptors (Lipinski definition) is 4. The summed E-state index contributed by atoms with van der Waals surface area (Å²) >= 11 is 0. The lowest BCUT2D eigenvalue weighted by atomic mass is 10.0. The summed E-state index contributed by atoms with van der Waals surface area (Å²) in [7, 11) is 1.27. The second-order valence-electron chi connectivity index (χ2n) is 4.90. The zero-order valence-corrected chi connectivity index (χ0v) is 11.2. The van der Waals surface area contributed by atoms with Crippen LogP contribution in [0.2, 0.25) is 0 Å². The minimum atomic E-state index is -1.08. The molecule has 0 saturated carbocycles. The number of esters is 1. The number of aliphatic hydroxyl groups is 1. The minimum absolute atomic E-state index is 0.0855. The molecule has 0 aliphatic heterocycles. The molecule has 0 radical (unpaired) electrons. The van der Waals surface area contributed by atoms with Gasteiger partial charge < -0.3 is 15.2 Å². The van der Waals surface area contributed by atoms with Gasteiger partial charge in [-0.05, 0) is 18.3 Å². The van der Waals surface area contributed by atoms with Gasteiger partial charge in [0.1, 0.15) is 12.1 Å². The van der Waals surface area contributed by atoms with Crippen LogP contribution in [0.3, 0.4) is 0 Å². The van der Waals surface area contributed by atoms with Crippen molar-refractivity contribution in [2.24, 2.45) is 11.8 Å². The molecule has 2 atom stereocenters. The number of nitrogens with one attached hydrogen (secondary N) is 1. The molecule has 0 unspecified atom stereocenters. The van der Waals surface area contributed by atoms with Crippen LogP contribution in [0, 0.1) is 11.8 Å². The van der Waals surface area contributed by atoms with Gasteiger partial charge in [0.05, 0.1) is 7.11 Å². The molecule has 0 aliphatic rings. The predicted octanol–water partition coefficient (Wildman–Crippen LogP) is 0.707. The van der Waals surface area contributed by atoms with E-state index in [2.05, 4.69) is 10.1 Å². The van der Waals surface area contributed by atoms with Gasteiger partial charge in [0.2, 0.25) is 5.91 Å². The standard InChI is InChI=1S/C12H23NO4/c1-7(2)6-9(14)11(15)13-10(8(3)4)12(16)17-5/h7-10,14H,6H2,1-5H3,(H,13,15)/t9-,10+/m0/s1. The maximum Gasteiger partial charge on any atom is 0.328 e. The summed E-state index contributed by atoms with van der Waals surface area (Å²) < 4.78 is 4.60. The summed E-state index contributed by atoms with van der Waals surface area (Å²) in [5.74, 6) is -0.892.